The quantitative estimate of drug-likeness (QED) is 0.167. The fourth-order valence-electron chi connectivity index (χ4n) is 11.6. The van der Waals surface area contributed by atoms with Crippen LogP contribution in [0.25, 0.3) is 138 Å². The summed E-state index contributed by atoms with van der Waals surface area (Å²) >= 11 is 0. The second-order valence-corrected chi connectivity index (χ2v) is 18.5. The van der Waals surface area contributed by atoms with Crippen LogP contribution in [0.5, 0.6) is 0 Å². The number of benzene rings is 11. The molecule has 4 heterocycles. The fraction of sp³-hybridized carbons (Fsp3) is 0. The summed E-state index contributed by atoms with van der Waals surface area (Å²) in [5.41, 5.74) is 15.2. The number of nitrogens with zero attached hydrogens (tertiary/aromatic N) is 5. The summed E-state index contributed by atoms with van der Waals surface area (Å²) in [6.45, 7) is 0. The summed E-state index contributed by atoms with van der Waals surface area (Å²) in [4.78, 5) is 11.1. The highest BCUT2D eigenvalue weighted by molar-refractivity contribution is 6.29. The fourth-order valence-corrected chi connectivity index (χ4v) is 11.6. The lowest BCUT2D eigenvalue weighted by atomic mass is 9.99. The van der Waals surface area contributed by atoms with E-state index in [2.05, 4.69) is 262 Å². The van der Waals surface area contributed by atoms with Crippen LogP contribution in [0.2, 0.25) is 0 Å². The molecule has 15 aromatic rings. The van der Waals surface area contributed by atoms with Gasteiger partial charge < -0.3 is 9.13 Å². The summed E-state index contributed by atoms with van der Waals surface area (Å²) in [6, 6.07) is 89.7. The van der Waals surface area contributed by atoms with Gasteiger partial charge in [-0.05, 0) is 93.3 Å². The Balaban J connectivity index is 1.00. The Bertz CT molecular complexity index is 4540. The van der Waals surface area contributed by atoms with E-state index in [0.29, 0.717) is 5.95 Å². The van der Waals surface area contributed by atoms with Gasteiger partial charge in [0.25, 0.3) is 0 Å². The molecule has 0 radical (unpaired) electrons. The molecule has 0 unspecified atom stereocenters. The summed E-state index contributed by atoms with van der Waals surface area (Å²) in [5, 5.41) is 11.8. The molecule has 0 atom stereocenters. The average Bonchev–Trinajstić information content (AvgIpc) is 4.09. The van der Waals surface area contributed by atoms with Crippen molar-refractivity contribution in [3.8, 4) is 51.0 Å². The van der Waals surface area contributed by atoms with Crippen molar-refractivity contribution in [3.05, 3.63) is 249 Å². The molecule has 15 rings (SSSR count). The average molecular weight is 904 g/mol. The molecular formula is C66H41N5. The van der Waals surface area contributed by atoms with Gasteiger partial charge in [-0.3, -0.25) is 4.57 Å². The van der Waals surface area contributed by atoms with E-state index >= 15 is 0 Å². The minimum absolute atomic E-state index is 0.620. The molecule has 0 fully saturated rings. The highest BCUT2D eigenvalue weighted by atomic mass is 15.2. The first-order valence-electron chi connectivity index (χ1n) is 24.2. The zero-order valence-electron chi connectivity index (χ0n) is 38.4. The number of hydrogen-bond donors (Lipinski definition) is 0. The maximum Gasteiger partial charge on any atom is 0.235 e. The third-order valence-corrected chi connectivity index (χ3v) is 14.6. The zero-order chi connectivity index (χ0) is 46.6. The lowest BCUT2D eigenvalue weighted by molar-refractivity contribution is 0.996. The topological polar surface area (TPSA) is 40.6 Å². The second-order valence-electron chi connectivity index (χ2n) is 18.5. The van der Waals surface area contributed by atoms with Gasteiger partial charge in [-0.2, -0.15) is 0 Å². The van der Waals surface area contributed by atoms with Gasteiger partial charge in [0.2, 0.25) is 5.95 Å². The van der Waals surface area contributed by atoms with Crippen LogP contribution < -0.4 is 0 Å². The van der Waals surface area contributed by atoms with Crippen molar-refractivity contribution >= 4 is 87.0 Å². The number of fused-ring (bicyclic) bond motifs is 12. The minimum Gasteiger partial charge on any atom is -0.309 e. The third kappa shape index (κ3) is 5.93. The molecule has 0 bridgehead atoms. The van der Waals surface area contributed by atoms with Crippen LogP contribution in [0.15, 0.2) is 249 Å². The van der Waals surface area contributed by atoms with Crippen LogP contribution >= 0.6 is 0 Å². The van der Waals surface area contributed by atoms with Crippen LogP contribution in [-0.4, -0.2) is 23.7 Å². The van der Waals surface area contributed by atoms with Gasteiger partial charge in [0.15, 0.2) is 0 Å². The number of para-hydroxylation sites is 3. The summed E-state index contributed by atoms with van der Waals surface area (Å²) < 4.78 is 7.21. The Morgan fingerprint density at radius 2 is 0.704 bits per heavy atom. The van der Waals surface area contributed by atoms with Crippen LogP contribution in [0, 0.1) is 0 Å². The number of aromatic nitrogens is 5. The van der Waals surface area contributed by atoms with Crippen molar-refractivity contribution in [1.29, 1.82) is 0 Å². The van der Waals surface area contributed by atoms with Gasteiger partial charge in [-0.15, -0.1) is 0 Å². The van der Waals surface area contributed by atoms with E-state index in [-0.39, 0.29) is 0 Å². The largest absolute Gasteiger partial charge is 0.309 e. The van der Waals surface area contributed by atoms with E-state index < -0.39 is 0 Å². The highest BCUT2D eigenvalue weighted by Crippen LogP contribution is 2.45. The SMILES string of the molecule is c1ccc(-c2cccc(-n3c4ccccc4c4c5c6ccccc6n(-c6cccc7c6c6ccccc6n7-c6nc(-c7cccc8ccccc78)cc(-c7cccc8ccccc78)n6)c5ccc43)c2)cc1. The molecule has 5 nitrogen and oxygen atoms in total. The molecule has 0 aliphatic rings. The molecule has 0 aliphatic carbocycles. The van der Waals surface area contributed by atoms with Crippen molar-refractivity contribution in [1.82, 2.24) is 23.7 Å². The predicted molar refractivity (Wildman–Crippen MR) is 296 cm³/mol. The van der Waals surface area contributed by atoms with Crippen LogP contribution in [0.3, 0.4) is 0 Å². The Kier molecular flexibility index (Phi) is 8.59. The molecule has 0 amide bonds. The maximum absolute atomic E-state index is 5.55. The normalized spacial score (nSPS) is 11.9. The molecule has 0 saturated carbocycles. The van der Waals surface area contributed by atoms with E-state index in [9.17, 15) is 0 Å². The van der Waals surface area contributed by atoms with Gasteiger partial charge in [0, 0.05) is 49.1 Å². The molecule has 5 heteroatoms. The minimum atomic E-state index is 0.620. The van der Waals surface area contributed by atoms with Crippen LogP contribution in [0.4, 0.5) is 0 Å². The molecule has 11 aromatic carbocycles. The molecule has 71 heavy (non-hydrogen) atoms. The van der Waals surface area contributed by atoms with Crippen molar-refractivity contribution in [2.45, 2.75) is 0 Å². The first-order valence-corrected chi connectivity index (χ1v) is 24.2. The van der Waals surface area contributed by atoms with Gasteiger partial charge >= 0.3 is 0 Å². The first kappa shape index (κ1) is 39.4. The maximum atomic E-state index is 5.55. The number of rotatable bonds is 6. The number of hydrogen-bond acceptors (Lipinski definition) is 2. The summed E-state index contributed by atoms with van der Waals surface area (Å²) in [7, 11) is 0. The van der Waals surface area contributed by atoms with E-state index in [0.717, 1.165) is 77.5 Å². The van der Waals surface area contributed by atoms with E-state index in [1.807, 2.05) is 0 Å². The Morgan fingerprint density at radius 1 is 0.268 bits per heavy atom. The van der Waals surface area contributed by atoms with Crippen molar-refractivity contribution in [2.75, 3.05) is 0 Å². The first-order chi connectivity index (χ1) is 35.2. The van der Waals surface area contributed by atoms with Crippen LogP contribution in [-0.2, 0) is 0 Å². The van der Waals surface area contributed by atoms with Crippen molar-refractivity contribution < 1.29 is 0 Å². The smallest absolute Gasteiger partial charge is 0.235 e. The summed E-state index contributed by atoms with van der Waals surface area (Å²) in [5.74, 6) is 0.620. The van der Waals surface area contributed by atoms with Gasteiger partial charge in [0.05, 0.1) is 50.2 Å². The molecule has 0 saturated heterocycles. The summed E-state index contributed by atoms with van der Waals surface area (Å²) in [6.07, 6.45) is 0. The molecule has 4 aromatic heterocycles. The van der Waals surface area contributed by atoms with E-state index in [1.54, 1.807) is 0 Å². The third-order valence-electron chi connectivity index (χ3n) is 14.6. The highest BCUT2D eigenvalue weighted by Gasteiger charge is 2.25. The standard InChI is InChI=1S/C66H41N5/c1-2-18-42(19-3-1)45-24-14-25-46(40-45)69-56-33-11-9-29-52(56)64-61(69)38-39-62-65(64)53-30-10-12-34-57(53)70(62)59-36-17-37-60-63(59)51-28-8-13-35-58(51)71(60)66-67-54(49-31-15-22-43-20-4-6-26-47(43)49)41-55(68-66)50-32-16-23-44-21-5-7-27-48(44)50/h1-41H. The lowest BCUT2D eigenvalue weighted by Crippen LogP contribution is -2.04. The Morgan fingerprint density at radius 3 is 1.34 bits per heavy atom. The molecule has 0 aliphatic heterocycles. The lowest BCUT2D eigenvalue weighted by Gasteiger charge is -2.14. The molecule has 330 valence electrons. The van der Waals surface area contributed by atoms with E-state index in [1.165, 1.54) is 54.5 Å². The zero-order valence-corrected chi connectivity index (χ0v) is 38.4. The monoisotopic (exact) mass is 903 g/mol. The Hall–Kier alpha value is -9.58. The van der Waals surface area contributed by atoms with Crippen molar-refractivity contribution in [2.24, 2.45) is 0 Å². The van der Waals surface area contributed by atoms with Gasteiger partial charge in [0.1, 0.15) is 0 Å². The van der Waals surface area contributed by atoms with Crippen LogP contribution in [0.1, 0.15) is 0 Å². The van der Waals surface area contributed by atoms with E-state index in [4.69, 9.17) is 9.97 Å². The molecule has 0 N–H and O–H groups in total. The molecule has 0 spiro atoms. The van der Waals surface area contributed by atoms with Crippen molar-refractivity contribution in [3.63, 3.8) is 0 Å². The molecular weight excluding hydrogens is 863 g/mol. The van der Waals surface area contributed by atoms with Gasteiger partial charge in [-0.1, -0.05) is 188 Å². The van der Waals surface area contributed by atoms with Gasteiger partial charge in [-0.25, -0.2) is 9.97 Å². The second kappa shape index (κ2) is 15.5. The Labute approximate surface area is 408 Å². The predicted octanol–water partition coefficient (Wildman–Crippen LogP) is 17.1.